The molecule has 2 fully saturated rings. The number of carbonyl (C=O) groups is 2. The van der Waals surface area contributed by atoms with E-state index in [4.69, 9.17) is 4.74 Å². The molecule has 160 valence electrons. The Morgan fingerprint density at radius 3 is 2.68 bits per heavy atom. The summed E-state index contributed by atoms with van der Waals surface area (Å²) < 4.78 is 21.0. The smallest absolute Gasteiger partial charge is 0.325 e. The van der Waals surface area contributed by atoms with Gasteiger partial charge in [-0.3, -0.25) is 9.69 Å². The van der Waals surface area contributed by atoms with Gasteiger partial charge in [0.15, 0.2) is 0 Å². The number of fused-ring (bicyclic) bond motifs is 1. The van der Waals surface area contributed by atoms with Crippen molar-refractivity contribution in [1.29, 1.82) is 0 Å². The molecule has 3 heterocycles. The molecule has 1 aromatic heterocycles. The molecule has 3 aromatic rings. The first kappa shape index (κ1) is 19.5. The molecule has 0 radical (unpaired) electrons. The molecule has 9 heteroatoms. The third-order valence-corrected chi connectivity index (χ3v) is 5.92. The van der Waals surface area contributed by atoms with Crippen molar-refractivity contribution in [1.82, 2.24) is 19.6 Å². The van der Waals surface area contributed by atoms with Crippen LogP contribution in [0.15, 0.2) is 48.7 Å². The fourth-order valence-electron chi connectivity index (χ4n) is 4.09. The van der Waals surface area contributed by atoms with Gasteiger partial charge in [0.25, 0.3) is 0 Å². The highest BCUT2D eigenvalue weighted by Gasteiger charge is 2.36. The standard InChI is InChI=1S/C22H22FN5O3/c1-31-15-12-26(13-15)21(29)14-25-9-10-27(22(25)30)18-7-4-8-19-16(18)11-24-28(19)20-6-3-2-5-17(20)23/h2-8,11,15H,9-10,12-14H2,1H3. The van der Waals surface area contributed by atoms with Crippen molar-refractivity contribution in [2.45, 2.75) is 6.10 Å². The van der Waals surface area contributed by atoms with Crippen LogP contribution in [0.5, 0.6) is 0 Å². The summed E-state index contributed by atoms with van der Waals surface area (Å²) in [6, 6.07) is 11.7. The maximum absolute atomic E-state index is 14.3. The third kappa shape index (κ3) is 3.31. The van der Waals surface area contributed by atoms with Crippen molar-refractivity contribution in [3.8, 4) is 5.69 Å². The minimum Gasteiger partial charge on any atom is -0.378 e. The largest absolute Gasteiger partial charge is 0.378 e. The molecule has 2 aliphatic rings. The number of aromatic nitrogens is 2. The number of hydrogen-bond acceptors (Lipinski definition) is 4. The maximum Gasteiger partial charge on any atom is 0.325 e. The zero-order valence-electron chi connectivity index (χ0n) is 17.1. The normalized spacial score (nSPS) is 17.0. The van der Waals surface area contributed by atoms with Crippen LogP contribution in [0.1, 0.15) is 0 Å². The van der Waals surface area contributed by atoms with Gasteiger partial charge in [0.1, 0.15) is 18.0 Å². The van der Waals surface area contributed by atoms with Crippen molar-refractivity contribution < 1.29 is 18.7 Å². The summed E-state index contributed by atoms with van der Waals surface area (Å²) in [5.41, 5.74) is 1.75. The fraction of sp³-hybridized carbons (Fsp3) is 0.318. The van der Waals surface area contributed by atoms with Crippen LogP contribution >= 0.6 is 0 Å². The summed E-state index contributed by atoms with van der Waals surface area (Å²) in [5.74, 6) is -0.448. The summed E-state index contributed by atoms with van der Waals surface area (Å²) in [7, 11) is 1.63. The molecule has 5 rings (SSSR count). The van der Waals surface area contributed by atoms with Crippen molar-refractivity contribution in [3.05, 3.63) is 54.5 Å². The number of hydrogen-bond donors (Lipinski definition) is 0. The van der Waals surface area contributed by atoms with E-state index in [0.717, 1.165) is 5.39 Å². The van der Waals surface area contributed by atoms with Gasteiger partial charge in [-0.25, -0.2) is 13.9 Å². The fourth-order valence-corrected chi connectivity index (χ4v) is 4.09. The Bertz CT molecular complexity index is 1160. The number of methoxy groups -OCH3 is 1. The van der Waals surface area contributed by atoms with Gasteiger partial charge in [0.05, 0.1) is 23.5 Å². The number of amides is 3. The summed E-state index contributed by atoms with van der Waals surface area (Å²) in [4.78, 5) is 30.4. The number of para-hydroxylation sites is 1. The predicted molar refractivity (Wildman–Crippen MR) is 113 cm³/mol. The molecule has 2 aliphatic heterocycles. The van der Waals surface area contributed by atoms with Crippen molar-refractivity contribution in [2.24, 2.45) is 0 Å². The van der Waals surface area contributed by atoms with Crippen LogP contribution in [0.2, 0.25) is 0 Å². The first-order valence-electron chi connectivity index (χ1n) is 10.2. The van der Waals surface area contributed by atoms with Gasteiger partial charge in [-0.1, -0.05) is 18.2 Å². The van der Waals surface area contributed by atoms with Gasteiger partial charge in [-0.15, -0.1) is 0 Å². The van der Waals surface area contributed by atoms with Crippen molar-refractivity contribution in [2.75, 3.05) is 44.7 Å². The Labute approximate surface area is 178 Å². The van der Waals surface area contributed by atoms with Crippen LogP contribution in [0.25, 0.3) is 16.6 Å². The van der Waals surface area contributed by atoms with E-state index in [1.54, 1.807) is 46.2 Å². The van der Waals surface area contributed by atoms with Crippen LogP contribution < -0.4 is 4.90 Å². The van der Waals surface area contributed by atoms with E-state index >= 15 is 0 Å². The second-order valence-electron chi connectivity index (χ2n) is 7.73. The van der Waals surface area contributed by atoms with E-state index in [1.165, 1.54) is 10.7 Å². The Morgan fingerprint density at radius 2 is 1.90 bits per heavy atom. The van der Waals surface area contributed by atoms with E-state index in [-0.39, 0.29) is 30.4 Å². The molecular formula is C22H22FN5O3. The quantitative estimate of drug-likeness (QED) is 0.631. The van der Waals surface area contributed by atoms with Crippen LogP contribution in [-0.4, -0.2) is 77.5 Å². The first-order valence-corrected chi connectivity index (χ1v) is 10.2. The number of nitrogens with zero attached hydrogens (tertiary/aromatic N) is 5. The molecule has 0 aliphatic carbocycles. The van der Waals surface area contributed by atoms with E-state index in [2.05, 4.69) is 5.10 Å². The van der Waals surface area contributed by atoms with Crippen molar-refractivity contribution >= 4 is 28.5 Å². The Kier molecular flexibility index (Phi) is 4.82. The zero-order valence-corrected chi connectivity index (χ0v) is 17.1. The van der Waals surface area contributed by atoms with Crippen LogP contribution in [-0.2, 0) is 9.53 Å². The number of ether oxygens (including phenoxy) is 1. The Morgan fingerprint density at radius 1 is 1.13 bits per heavy atom. The van der Waals surface area contributed by atoms with Crippen molar-refractivity contribution in [3.63, 3.8) is 0 Å². The minimum absolute atomic E-state index is 0.0518. The van der Waals surface area contributed by atoms with Gasteiger partial charge in [0.2, 0.25) is 5.91 Å². The highest BCUT2D eigenvalue weighted by molar-refractivity contribution is 6.04. The topological polar surface area (TPSA) is 70.9 Å². The summed E-state index contributed by atoms with van der Waals surface area (Å²) in [6.45, 7) is 2.11. The molecule has 2 aromatic carbocycles. The first-order chi connectivity index (χ1) is 15.1. The van der Waals surface area contributed by atoms with Gasteiger partial charge in [-0.2, -0.15) is 5.10 Å². The maximum atomic E-state index is 14.3. The highest BCUT2D eigenvalue weighted by Crippen LogP contribution is 2.31. The highest BCUT2D eigenvalue weighted by atomic mass is 19.1. The molecule has 3 amide bonds. The Balaban J connectivity index is 1.37. The number of urea groups is 1. The lowest BCUT2D eigenvalue weighted by Crippen LogP contribution is -2.56. The number of rotatable bonds is 5. The average molecular weight is 423 g/mol. The molecular weight excluding hydrogens is 401 g/mol. The second-order valence-corrected chi connectivity index (χ2v) is 7.73. The van der Waals surface area contributed by atoms with E-state index < -0.39 is 0 Å². The molecule has 0 saturated carbocycles. The lowest BCUT2D eigenvalue weighted by atomic mass is 10.1. The van der Waals surface area contributed by atoms with Crippen LogP contribution in [0, 0.1) is 5.82 Å². The summed E-state index contributed by atoms with van der Waals surface area (Å²) >= 11 is 0. The van der Waals surface area contributed by atoms with Crippen LogP contribution in [0.4, 0.5) is 14.9 Å². The third-order valence-electron chi connectivity index (χ3n) is 5.92. The monoisotopic (exact) mass is 423 g/mol. The lowest BCUT2D eigenvalue weighted by Gasteiger charge is -2.38. The number of carbonyl (C=O) groups excluding carboxylic acids is 2. The molecule has 0 atom stereocenters. The number of halogens is 1. The van der Waals surface area contributed by atoms with Gasteiger partial charge in [-0.05, 0) is 24.3 Å². The number of anilines is 1. The van der Waals surface area contributed by atoms with Gasteiger partial charge >= 0.3 is 6.03 Å². The van der Waals surface area contributed by atoms with Crippen LogP contribution in [0.3, 0.4) is 0 Å². The molecule has 0 bridgehead atoms. The summed E-state index contributed by atoms with van der Waals surface area (Å²) in [6.07, 6.45) is 1.72. The number of benzene rings is 2. The van der Waals surface area contributed by atoms with Gasteiger partial charge < -0.3 is 14.5 Å². The molecule has 0 N–H and O–H groups in total. The summed E-state index contributed by atoms with van der Waals surface area (Å²) in [5, 5.41) is 5.11. The number of likely N-dealkylation sites (tertiary alicyclic amines) is 1. The Hall–Kier alpha value is -3.46. The molecule has 8 nitrogen and oxygen atoms in total. The predicted octanol–water partition coefficient (Wildman–Crippen LogP) is 2.26. The minimum atomic E-state index is -0.374. The lowest BCUT2D eigenvalue weighted by molar-refractivity contribution is -0.143. The average Bonchev–Trinajstić information content (AvgIpc) is 3.32. The van der Waals surface area contributed by atoms with E-state index in [1.807, 2.05) is 18.2 Å². The van der Waals surface area contributed by atoms with E-state index in [9.17, 15) is 14.0 Å². The molecule has 31 heavy (non-hydrogen) atoms. The SMILES string of the molecule is COC1CN(C(=O)CN2CCN(c3cccc4c3cnn4-c3ccccc3F)C2=O)C1. The zero-order chi connectivity index (χ0) is 21.5. The molecule has 0 unspecified atom stereocenters. The van der Waals surface area contributed by atoms with Gasteiger partial charge in [0, 0.05) is 38.7 Å². The molecule has 2 saturated heterocycles. The second kappa shape index (κ2) is 7.66. The molecule has 0 spiro atoms. The van der Waals surface area contributed by atoms with E-state index in [0.29, 0.717) is 43.1 Å².